The Morgan fingerprint density at radius 3 is 2.67 bits per heavy atom. The lowest BCUT2D eigenvalue weighted by Crippen LogP contribution is -2.24. The number of imidazole rings is 1. The fraction of sp³-hybridized carbons (Fsp3) is 0.500. The van der Waals surface area contributed by atoms with Gasteiger partial charge < -0.3 is 29.0 Å². The molecule has 1 aliphatic rings. The monoisotopic (exact) mass is 294 g/mol. The number of nitrogens with zero attached hydrogens (tertiary/aromatic N) is 2. The minimum Gasteiger partial charge on any atom is -0.493 e. The van der Waals surface area contributed by atoms with Gasteiger partial charge in [-0.2, -0.15) is 0 Å². The lowest BCUT2D eigenvalue weighted by atomic mass is 10.2. The van der Waals surface area contributed by atoms with Crippen molar-refractivity contribution in [2.45, 2.75) is 24.9 Å². The summed E-state index contributed by atoms with van der Waals surface area (Å²) in [5.74, 6) is 1.21. The Hall–Kier alpha value is -1.83. The minimum atomic E-state index is -0.683. The number of rotatable bonds is 4. The Morgan fingerprint density at radius 2 is 2.05 bits per heavy atom. The molecule has 0 aliphatic carbocycles. The predicted octanol–water partition coefficient (Wildman–Crippen LogP) is 0.694. The molecule has 21 heavy (non-hydrogen) atoms. The topological polar surface area (TPSA) is 86.0 Å². The number of aromatic nitrogens is 2. The van der Waals surface area contributed by atoms with Crippen LogP contribution in [-0.4, -0.2) is 52.8 Å². The number of hydrogen-bond acceptors (Lipinski definition) is 6. The summed E-state index contributed by atoms with van der Waals surface area (Å²) >= 11 is 0. The molecule has 7 nitrogen and oxygen atoms in total. The van der Waals surface area contributed by atoms with Gasteiger partial charge in [0.1, 0.15) is 12.3 Å². The summed E-state index contributed by atoms with van der Waals surface area (Å²) in [6.45, 7) is -0.207. The summed E-state index contributed by atoms with van der Waals surface area (Å²) in [4.78, 5) is 4.33. The van der Waals surface area contributed by atoms with Gasteiger partial charge >= 0.3 is 0 Å². The third kappa shape index (κ3) is 2.33. The van der Waals surface area contributed by atoms with Gasteiger partial charge in [-0.25, -0.2) is 4.98 Å². The molecule has 3 atom stereocenters. The fourth-order valence-electron chi connectivity index (χ4n) is 2.63. The quantitative estimate of drug-likeness (QED) is 0.863. The molecule has 0 bridgehead atoms. The van der Waals surface area contributed by atoms with Crippen molar-refractivity contribution in [3.8, 4) is 11.5 Å². The first-order chi connectivity index (χ1) is 10.2. The number of fused-ring (bicyclic) bond motifs is 1. The van der Waals surface area contributed by atoms with Crippen LogP contribution in [0, 0.1) is 0 Å². The average molecular weight is 294 g/mol. The summed E-state index contributed by atoms with van der Waals surface area (Å²) in [7, 11) is 3.14. The molecule has 1 aromatic heterocycles. The largest absolute Gasteiger partial charge is 0.493 e. The van der Waals surface area contributed by atoms with Gasteiger partial charge in [-0.05, 0) is 0 Å². The molecule has 0 saturated carbocycles. The van der Waals surface area contributed by atoms with Crippen LogP contribution in [0.3, 0.4) is 0 Å². The molecule has 7 heteroatoms. The van der Waals surface area contributed by atoms with Gasteiger partial charge in [-0.15, -0.1) is 0 Å². The first kappa shape index (κ1) is 14.1. The molecule has 1 aliphatic heterocycles. The van der Waals surface area contributed by atoms with E-state index in [1.807, 2.05) is 10.6 Å². The van der Waals surface area contributed by atoms with E-state index in [2.05, 4.69) is 4.98 Å². The van der Waals surface area contributed by atoms with E-state index in [1.54, 1.807) is 26.6 Å². The average Bonchev–Trinajstić information content (AvgIpc) is 3.08. The van der Waals surface area contributed by atoms with E-state index in [9.17, 15) is 5.11 Å². The van der Waals surface area contributed by atoms with Crippen LogP contribution < -0.4 is 9.47 Å². The highest BCUT2D eigenvalue weighted by Gasteiger charge is 2.35. The zero-order chi connectivity index (χ0) is 15.0. The Labute approximate surface area is 121 Å². The Morgan fingerprint density at radius 1 is 1.33 bits per heavy atom. The molecule has 1 fully saturated rings. The summed E-state index contributed by atoms with van der Waals surface area (Å²) < 4.78 is 18.0. The van der Waals surface area contributed by atoms with Crippen LogP contribution in [0.25, 0.3) is 11.0 Å². The highest BCUT2D eigenvalue weighted by molar-refractivity contribution is 5.80. The second-order valence-electron chi connectivity index (χ2n) is 4.96. The van der Waals surface area contributed by atoms with Crippen LogP contribution in [0.4, 0.5) is 0 Å². The summed E-state index contributed by atoms with van der Waals surface area (Å²) in [5, 5.41) is 19.0. The van der Waals surface area contributed by atoms with Crippen molar-refractivity contribution in [2.75, 3.05) is 20.8 Å². The van der Waals surface area contributed by atoms with Crippen LogP contribution in [0.15, 0.2) is 18.5 Å². The number of benzene rings is 1. The van der Waals surface area contributed by atoms with E-state index in [1.165, 1.54) is 0 Å². The van der Waals surface area contributed by atoms with Crippen molar-refractivity contribution in [3.05, 3.63) is 18.5 Å². The molecule has 2 heterocycles. The smallest absolute Gasteiger partial charge is 0.163 e. The number of methoxy groups -OCH3 is 2. The van der Waals surface area contributed by atoms with Crippen molar-refractivity contribution < 1.29 is 24.4 Å². The molecule has 114 valence electrons. The number of hydrogen-bond donors (Lipinski definition) is 2. The third-order valence-electron chi connectivity index (χ3n) is 3.77. The molecule has 0 amide bonds. The van der Waals surface area contributed by atoms with E-state index < -0.39 is 12.2 Å². The lowest BCUT2D eigenvalue weighted by Gasteiger charge is -2.15. The van der Waals surface area contributed by atoms with Crippen LogP contribution in [-0.2, 0) is 4.74 Å². The molecular weight excluding hydrogens is 276 g/mol. The Kier molecular flexibility index (Phi) is 3.71. The fourth-order valence-corrected chi connectivity index (χ4v) is 2.63. The molecular formula is C14H18N2O5. The highest BCUT2D eigenvalue weighted by Crippen LogP contribution is 2.35. The van der Waals surface area contributed by atoms with Gasteiger partial charge in [-0.3, -0.25) is 0 Å². The second-order valence-corrected chi connectivity index (χ2v) is 4.96. The minimum absolute atomic E-state index is 0.207. The molecule has 2 N–H and O–H groups in total. The number of aliphatic hydroxyl groups excluding tert-OH is 2. The third-order valence-corrected chi connectivity index (χ3v) is 3.77. The van der Waals surface area contributed by atoms with Gasteiger partial charge in [0, 0.05) is 18.6 Å². The number of ether oxygens (including phenoxy) is 3. The van der Waals surface area contributed by atoms with Gasteiger partial charge in [0.2, 0.25) is 0 Å². The maximum absolute atomic E-state index is 9.85. The van der Waals surface area contributed by atoms with Gasteiger partial charge in [0.25, 0.3) is 0 Å². The SMILES string of the molecule is COc1cc2ncn([C@H]3C[C@H](O)[C@H](CO)O3)c2cc1OC. The normalized spacial score (nSPS) is 25.4. The lowest BCUT2D eigenvalue weighted by molar-refractivity contribution is -0.0430. The molecule has 1 aromatic carbocycles. The van der Waals surface area contributed by atoms with Crippen molar-refractivity contribution in [1.29, 1.82) is 0 Å². The predicted molar refractivity (Wildman–Crippen MR) is 74.5 cm³/mol. The van der Waals surface area contributed by atoms with E-state index >= 15 is 0 Å². The first-order valence-electron chi connectivity index (χ1n) is 6.71. The zero-order valence-electron chi connectivity index (χ0n) is 11.9. The first-order valence-corrected chi connectivity index (χ1v) is 6.71. The second kappa shape index (κ2) is 5.51. The standard InChI is InChI=1S/C14H18N2O5/c1-19-11-3-8-9(4-12(11)20-2)16(7-15-8)14-5-10(18)13(6-17)21-14/h3-4,7,10,13-14,17-18H,5-6H2,1-2H3/t10-,13-,14+/m0/s1. The Bertz CT molecular complexity index is 642. The molecule has 1 saturated heterocycles. The van der Waals surface area contributed by atoms with Crippen molar-refractivity contribution in [2.24, 2.45) is 0 Å². The zero-order valence-corrected chi connectivity index (χ0v) is 11.9. The van der Waals surface area contributed by atoms with Gasteiger partial charge in [-0.1, -0.05) is 0 Å². The summed E-state index contributed by atoms with van der Waals surface area (Å²) in [5.41, 5.74) is 1.57. The van der Waals surface area contributed by atoms with E-state index in [0.29, 0.717) is 17.9 Å². The number of aliphatic hydroxyl groups is 2. The van der Waals surface area contributed by atoms with E-state index in [0.717, 1.165) is 11.0 Å². The molecule has 3 rings (SSSR count). The van der Waals surface area contributed by atoms with Crippen molar-refractivity contribution >= 4 is 11.0 Å². The molecule has 0 unspecified atom stereocenters. The molecule has 0 radical (unpaired) electrons. The van der Waals surface area contributed by atoms with Crippen molar-refractivity contribution in [3.63, 3.8) is 0 Å². The van der Waals surface area contributed by atoms with E-state index in [-0.39, 0.29) is 12.8 Å². The van der Waals surface area contributed by atoms with Crippen LogP contribution in [0.5, 0.6) is 11.5 Å². The maximum Gasteiger partial charge on any atom is 0.163 e. The van der Waals surface area contributed by atoms with Crippen LogP contribution in [0.2, 0.25) is 0 Å². The van der Waals surface area contributed by atoms with Gasteiger partial charge in [0.15, 0.2) is 11.5 Å². The van der Waals surface area contributed by atoms with Gasteiger partial charge in [0.05, 0.1) is 44.3 Å². The summed E-state index contributed by atoms with van der Waals surface area (Å²) in [6.07, 6.45) is 0.455. The van der Waals surface area contributed by atoms with E-state index in [4.69, 9.17) is 19.3 Å². The van der Waals surface area contributed by atoms with Crippen LogP contribution in [0.1, 0.15) is 12.6 Å². The molecule has 2 aromatic rings. The highest BCUT2D eigenvalue weighted by atomic mass is 16.5. The Balaban J connectivity index is 2.00. The van der Waals surface area contributed by atoms with Crippen molar-refractivity contribution in [1.82, 2.24) is 9.55 Å². The summed E-state index contributed by atoms with van der Waals surface area (Å²) in [6, 6.07) is 3.61. The maximum atomic E-state index is 9.85. The molecule has 0 spiro atoms. The van der Waals surface area contributed by atoms with Crippen LogP contribution >= 0.6 is 0 Å².